The second kappa shape index (κ2) is 8.34. The Morgan fingerprint density at radius 2 is 1.83 bits per heavy atom. The van der Waals surface area contributed by atoms with Gasteiger partial charge in [-0.15, -0.1) is 0 Å². The Kier molecular flexibility index (Phi) is 7.04. The molecule has 0 amide bonds. The minimum atomic E-state index is -4.58. The summed E-state index contributed by atoms with van der Waals surface area (Å²) in [5.74, 6) is -7.19. The van der Waals surface area contributed by atoms with Crippen LogP contribution in [0.5, 0.6) is 0 Å². The summed E-state index contributed by atoms with van der Waals surface area (Å²) in [6.45, 7) is 0. The van der Waals surface area contributed by atoms with E-state index >= 15 is 0 Å². The van der Waals surface area contributed by atoms with Gasteiger partial charge in [0, 0.05) is 12.6 Å². The van der Waals surface area contributed by atoms with Gasteiger partial charge in [-0.3, -0.25) is 14.2 Å². The number of rotatable bonds is 9. The van der Waals surface area contributed by atoms with Gasteiger partial charge in [-0.25, -0.2) is 4.39 Å². The zero-order chi connectivity index (χ0) is 18.5. The Morgan fingerprint density at radius 3 is 2.33 bits per heavy atom. The Bertz CT molecular complexity index is 649. The molecule has 0 heterocycles. The lowest BCUT2D eigenvalue weighted by atomic mass is 10.1. The minimum Gasteiger partial charge on any atom is -0.481 e. The number of hydrogen-bond acceptors (Lipinski definition) is 5. The first-order valence-electron chi connectivity index (χ1n) is 6.92. The summed E-state index contributed by atoms with van der Waals surface area (Å²) >= 11 is 0. The molecule has 10 heteroatoms. The van der Waals surface area contributed by atoms with Crippen molar-refractivity contribution in [1.29, 1.82) is 0 Å². The fraction of sp³-hybridized carbons (Fsp3) is 0.429. The Balaban J connectivity index is 2.89. The van der Waals surface area contributed by atoms with E-state index in [1.807, 2.05) is 0 Å². The number of aliphatic carboxylic acids is 2. The van der Waals surface area contributed by atoms with E-state index < -0.39 is 62.0 Å². The summed E-state index contributed by atoms with van der Waals surface area (Å²) in [5, 5.41) is 37.4. The second-order valence-electron chi connectivity index (χ2n) is 5.32. The Morgan fingerprint density at radius 1 is 1.21 bits per heavy atom. The van der Waals surface area contributed by atoms with Gasteiger partial charge < -0.3 is 25.3 Å². The molecule has 1 aromatic rings. The fourth-order valence-electron chi connectivity index (χ4n) is 2.10. The molecule has 0 bridgehead atoms. The first-order valence-corrected chi connectivity index (χ1v) is 8.83. The van der Waals surface area contributed by atoms with Gasteiger partial charge in [0.15, 0.2) is 5.85 Å². The van der Waals surface area contributed by atoms with Gasteiger partial charge in [-0.2, -0.15) is 0 Å². The lowest BCUT2D eigenvalue weighted by Gasteiger charge is -2.25. The summed E-state index contributed by atoms with van der Waals surface area (Å²) in [6.07, 6.45) is -3.74. The average molecular weight is 364 g/mol. The van der Waals surface area contributed by atoms with Gasteiger partial charge in [0.25, 0.3) is 0 Å². The third kappa shape index (κ3) is 5.68. The maximum absolute atomic E-state index is 13.1. The predicted molar refractivity (Wildman–Crippen MR) is 80.1 cm³/mol. The van der Waals surface area contributed by atoms with Crippen molar-refractivity contribution in [3.05, 3.63) is 35.6 Å². The van der Waals surface area contributed by atoms with Crippen LogP contribution in [0.2, 0.25) is 0 Å². The Labute approximate surface area is 136 Å². The largest absolute Gasteiger partial charge is 0.481 e. The van der Waals surface area contributed by atoms with Crippen molar-refractivity contribution in [3.8, 4) is 0 Å². The molecule has 5 N–H and O–H groups in total. The summed E-state index contributed by atoms with van der Waals surface area (Å²) in [7, 11) is -4.58. The minimum absolute atomic E-state index is 0.144. The first kappa shape index (κ1) is 20.2. The van der Waals surface area contributed by atoms with Gasteiger partial charge in [0.1, 0.15) is 11.9 Å². The van der Waals surface area contributed by atoms with Crippen molar-refractivity contribution >= 4 is 19.3 Å². The zero-order valence-electron chi connectivity index (χ0n) is 12.4. The number of aliphatic hydroxyl groups excluding tert-OH is 2. The van der Waals surface area contributed by atoms with Crippen molar-refractivity contribution in [1.82, 2.24) is 0 Å². The van der Waals surface area contributed by atoms with Gasteiger partial charge in [-0.1, -0.05) is 12.1 Å². The summed E-state index contributed by atoms with van der Waals surface area (Å²) in [4.78, 5) is 31.5. The third-order valence-corrected chi connectivity index (χ3v) is 5.50. The standard InChI is InChI=1S/C14H18FO8P/c15-10-3-1-2-8(6-10)12(18)14(21)24(22,23)7-9(13(19)20)4-5-11(16)17/h1-3,6,9,12,14,18,21H,4-5,7H2,(H,16,17)(H,19,20)(H,22,23). The number of carboxylic acids is 2. The Hall–Kier alpha value is -1.80. The van der Waals surface area contributed by atoms with Crippen LogP contribution in [0.3, 0.4) is 0 Å². The quantitative estimate of drug-likeness (QED) is 0.407. The highest BCUT2D eigenvalue weighted by Gasteiger charge is 2.39. The molecule has 4 atom stereocenters. The van der Waals surface area contributed by atoms with E-state index in [0.29, 0.717) is 0 Å². The van der Waals surface area contributed by atoms with Crippen molar-refractivity contribution in [2.45, 2.75) is 24.8 Å². The smallest absolute Gasteiger partial charge is 0.307 e. The van der Waals surface area contributed by atoms with Crippen LogP contribution in [0, 0.1) is 11.7 Å². The molecule has 0 spiro atoms. The van der Waals surface area contributed by atoms with Gasteiger partial charge in [-0.05, 0) is 24.1 Å². The van der Waals surface area contributed by atoms with E-state index in [-0.39, 0.29) is 5.56 Å². The molecule has 0 radical (unpaired) electrons. The van der Waals surface area contributed by atoms with Crippen molar-refractivity contribution < 1.29 is 43.9 Å². The molecule has 0 aliphatic heterocycles. The molecule has 0 saturated carbocycles. The molecule has 8 nitrogen and oxygen atoms in total. The highest BCUT2D eigenvalue weighted by Crippen LogP contribution is 2.51. The van der Waals surface area contributed by atoms with E-state index in [9.17, 15) is 33.7 Å². The normalized spacial score (nSPS) is 17.5. The molecule has 24 heavy (non-hydrogen) atoms. The summed E-state index contributed by atoms with van der Waals surface area (Å²) < 4.78 is 25.3. The van der Waals surface area contributed by atoms with Crippen LogP contribution in [0.4, 0.5) is 4.39 Å². The number of halogens is 1. The van der Waals surface area contributed by atoms with Crippen molar-refractivity contribution in [2.24, 2.45) is 5.92 Å². The third-order valence-electron chi connectivity index (χ3n) is 3.42. The molecule has 1 rings (SSSR count). The molecule has 0 saturated heterocycles. The monoisotopic (exact) mass is 364 g/mol. The van der Waals surface area contributed by atoms with Gasteiger partial charge >= 0.3 is 11.9 Å². The topological polar surface area (TPSA) is 152 Å². The van der Waals surface area contributed by atoms with Crippen LogP contribution in [0.15, 0.2) is 24.3 Å². The maximum Gasteiger partial charge on any atom is 0.307 e. The SMILES string of the molecule is O=C(O)CCC(CP(=O)(O)C(O)C(O)c1cccc(F)c1)C(=O)O. The average Bonchev–Trinajstić information content (AvgIpc) is 2.49. The van der Waals surface area contributed by atoms with Crippen LogP contribution in [0.25, 0.3) is 0 Å². The van der Waals surface area contributed by atoms with E-state index in [0.717, 1.165) is 12.1 Å². The molecule has 4 unspecified atom stereocenters. The molecule has 0 aliphatic carbocycles. The number of aliphatic hydroxyl groups is 2. The van der Waals surface area contributed by atoms with Crippen LogP contribution >= 0.6 is 7.37 Å². The van der Waals surface area contributed by atoms with Crippen molar-refractivity contribution in [2.75, 3.05) is 6.16 Å². The van der Waals surface area contributed by atoms with Crippen molar-refractivity contribution in [3.63, 3.8) is 0 Å². The number of benzene rings is 1. The predicted octanol–water partition coefficient (Wildman–Crippen LogP) is 1.01. The number of carboxylic acid groups (broad SMARTS) is 2. The molecule has 134 valence electrons. The summed E-state index contributed by atoms with van der Waals surface area (Å²) in [6, 6.07) is 4.41. The molecule has 1 aromatic carbocycles. The zero-order valence-corrected chi connectivity index (χ0v) is 13.3. The molecule has 0 aliphatic rings. The van der Waals surface area contributed by atoms with Crippen LogP contribution in [0.1, 0.15) is 24.5 Å². The molecular weight excluding hydrogens is 346 g/mol. The molecule has 0 fully saturated rings. The lowest BCUT2D eigenvalue weighted by Crippen LogP contribution is -2.26. The maximum atomic E-state index is 13.1. The van der Waals surface area contributed by atoms with Gasteiger partial charge in [0.05, 0.1) is 5.92 Å². The number of carbonyl (C=O) groups is 2. The van der Waals surface area contributed by atoms with E-state index in [1.54, 1.807) is 0 Å². The highest BCUT2D eigenvalue weighted by molar-refractivity contribution is 7.58. The first-order chi connectivity index (χ1) is 11.0. The number of hydrogen-bond donors (Lipinski definition) is 5. The van der Waals surface area contributed by atoms with E-state index in [4.69, 9.17) is 10.2 Å². The fourth-order valence-corrected chi connectivity index (χ4v) is 3.90. The molecule has 0 aromatic heterocycles. The molecular formula is C14H18FO8P. The van der Waals surface area contributed by atoms with Crippen LogP contribution in [-0.4, -0.2) is 49.3 Å². The summed E-state index contributed by atoms with van der Waals surface area (Å²) in [5.41, 5.74) is -0.144. The van der Waals surface area contributed by atoms with Gasteiger partial charge in [0.2, 0.25) is 7.37 Å². The van der Waals surface area contributed by atoms with Crippen LogP contribution < -0.4 is 0 Å². The lowest BCUT2D eigenvalue weighted by molar-refractivity contribution is -0.142. The highest BCUT2D eigenvalue weighted by atomic mass is 31.2. The second-order valence-corrected chi connectivity index (χ2v) is 7.72. The van der Waals surface area contributed by atoms with Crippen LogP contribution in [-0.2, 0) is 14.2 Å². The van der Waals surface area contributed by atoms with E-state index in [1.165, 1.54) is 12.1 Å². The van der Waals surface area contributed by atoms with E-state index in [2.05, 4.69) is 0 Å².